The molecule has 1 aromatic heterocycles. The molecule has 0 radical (unpaired) electrons. The molecule has 0 aliphatic carbocycles. The van der Waals surface area contributed by atoms with Gasteiger partial charge in [0.15, 0.2) is 0 Å². The maximum Gasteiger partial charge on any atom is 0.314 e. The Morgan fingerprint density at radius 1 is 1.54 bits per heavy atom. The third kappa shape index (κ3) is 3.25. The number of rotatable bonds is 2. The van der Waals surface area contributed by atoms with E-state index in [1.807, 2.05) is 6.07 Å². The Hall–Kier alpha value is -2.02. The summed E-state index contributed by atoms with van der Waals surface area (Å²) in [7, 11) is 0. The highest BCUT2D eigenvalue weighted by molar-refractivity contribution is 5.93. The van der Waals surface area contributed by atoms with E-state index < -0.39 is 0 Å². The lowest BCUT2D eigenvalue weighted by molar-refractivity contribution is -0.115. The van der Waals surface area contributed by atoms with Crippen LogP contribution in [0, 0.1) is 11.8 Å². The Morgan fingerprint density at radius 2 is 2.38 bits per heavy atom. The molecule has 2 N–H and O–H groups in total. The van der Waals surface area contributed by atoms with Crippen LogP contribution in [0.25, 0.3) is 0 Å². The zero-order valence-corrected chi connectivity index (χ0v) is 7.16. The largest absolute Gasteiger partial charge is 0.314 e. The minimum absolute atomic E-state index is 0.381. The van der Waals surface area contributed by atoms with Crippen LogP contribution in [0.5, 0.6) is 0 Å². The molecule has 0 unspecified atom stereocenters. The van der Waals surface area contributed by atoms with E-state index in [2.05, 4.69) is 27.7 Å². The Balaban J connectivity index is 2.43. The van der Waals surface area contributed by atoms with E-state index >= 15 is 0 Å². The first kappa shape index (κ1) is 9.07. The van der Waals surface area contributed by atoms with Crippen molar-refractivity contribution in [3.8, 4) is 11.8 Å². The van der Waals surface area contributed by atoms with Gasteiger partial charge in [-0.25, -0.2) is 4.98 Å². The molecule has 66 valence electrons. The summed E-state index contributed by atoms with van der Waals surface area (Å²) in [6.45, 7) is 1.60. The lowest BCUT2D eigenvalue weighted by Gasteiger charge is -2.02. The average Bonchev–Trinajstić information content (AvgIpc) is 2.17. The van der Waals surface area contributed by atoms with E-state index in [1.165, 1.54) is 0 Å². The number of anilines is 1. The summed E-state index contributed by atoms with van der Waals surface area (Å²) in [5.74, 6) is 5.00. The van der Waals surface area contributed by atoms with Crippen molar-refractivity contribution in [1.82, 2.24) is 10.4 Å². The van der Waals surface area contributed by atoms with Crippen molar-refractivity contribution in [3.63, 3.8) is 0 Å². The lowest BCUT2D eigenvalue weighted by Crippen LogP contribution is -2.28. The molecule has 0 aliphatic heterocycles. The van der Waals surface area contributed by atoms with Crippen molar-refractivity contribution >= 4 is 11.7 Å². The molecule has 1 rings (SSSR count). The molecule has 0 fully saturated rings. The second-order valence-corrected chi connectivity index (χ2v) is 2.17. The molecule has 13 heavy (non-hydrogen) atoms. The maximum absolute atomic E-state index is 10.8. The van der Waals surface area contributed by atoms with Crippen LogP contribution < -0.4 is 10.9 Å². The number of hydrogen-bond donors (Lipinski definition) is 2. The SMILES string of the molecule is CC#CC(=O)NNc1ccccn1. The van der Waals surface area contributed by atoms with Crippen LogP contribution in [0.1, 0.15) is 6.92 Å². The summed E-state index contributed by atoms with van der Waals surface area (Å²) in [4.78, 5) is 14.8. The fourth-order valence-electron chi connectivity index (χ4n) is 0.702. The smallest absolute Gasteiger partial charge is 0.281 e. The van der Waals surface area contributed by atoms with Crippen molar-refractivity contribution in [2.45, 2.75) is 6.92 Å². The molecule has 0 saturated heterocycles. The van der Waals surface area contributed by atoms with Crippen LogP contribution in [-0.2, 0) is 4.79 Å². The van der Waals surface area contributed by atoms with E-state index in [0.29, 0.717) is 5.82 Å². The minimum atomic E-state index is -0.381. The quantitative estimate of drug-likeness (QED) is 0.509. The Labute approximate surface area is 76.3 Å². The second kappa shape index (κ2) is 4.78. The number of carbonyl (C=O) groups excluding carboxylic acids is 1. The molecule has 0 aromatic carbocycles. The van der Waals surface area contributed by atoms with Crippen LogP contribution in [0.3, 0.4) is 0 Å². The van der Waals surface area contributed by atoms with E-state index in [-0.39, 0.29) is 5.91 Å². The highest BCUT2D eigenvalue weighted by Crippen LogP contribution is 1.96. The average molecular weight is 175 g/mol. The van der Waals surface area contributed by atoms with Gasteiger partial charge in [-0.15, -0.1) is 0 Å². The Morgan fingerprint density at radius 3 is 3.00 bits per heavy atom. The van der Waals surface area contributed by atoms with E-state index in [0.717, 1.165) is 0 Å². The molecule has 0 atom stereocenters. The molecule has 0 bridgehead atoms. The van der Waals surface area contributed by atoms with E-state index in [9.17, 15) is 4.79 Å². The molecule has 1 heterocycles. The highest BCUT2D eigenvalue weighted by Gasteiger charge is 1.93. The van der Waals surface area contributed by atoms with Crippen LogP contribution in [-0.4, -0.2) is 10.9 Å². The van der Waals surface area contributed by atoms with Gasteiger partial charge in [0.25, 0.3) is 0 Å². The zero-order chi connectivity index (χ0) is 9.52. The van der Waals surface area contributed by atoms with Crippen molar-refractivity contribution in [2.75, 3.05) is 5.43 Å². The molecule has 4 heteroatoms. The fourth-order valence-corrected chi connectivity index (χ4v) is 0.702. The zero-order valence-electron chi connectivity index (χ0n) is 7.16. The van der Waals surface area contributed by atoms with Gasteiger partial charge in [-0.1, -0.05) is 12.0 Å². The molecule has 1 aromatic rings. The normalized spacial score (nSPS) is 8.08. The van der Waals surface area contributed by atoms with Crippen molar-refractivity contribution in [3.05, 3.63) is 24.4 Å². The summed E-state index contributed by atoms with van der Waals surface area (Å²) in [5.41, 5.74) is 4.99. The molecule has 0 aliphatic rings. The summed E-state index contributed by atoms with van der Waals surface area (Å²) >= 11 is 0. The topological polar surface area (TPSA) is 54.0 Å². The molecular formula is C9H9N3O. The molecule has 4 nitrogen and oxygen atoms in total. The van der Waals surface area contributed by atoms with Gasteiger partial charge in [0, 0.05) is 6.20 Å². The maximum atomic E-state index is 10.8. The summed E-state index contributed by atoms with van der Waals surface area (Å²) < 4.78 is 0. The van der Waals surface area contributed by atoms with Crippen LogP contribution in [0.15, 0.2) is 24.4 Å². The number of hydrogen-bond acceptors (Lipinski definition) is 3. The fraction of sp³-hybridized carbons (Fsp3) is 0.111. The van der Waals surface area contributed by atoms with Gasteiger partial charge in [0.05, 0.1) is 0 Å². The van der Waals surface area contributed by atoms with Crippen molar-refractivity contribution in [1.29, 1.82) is 0 Å². The number of amides is 1. The Kier molecular flexibility index (Phi) is 3.33. The van der Waals surface area contributed by atoms with Crippen LogP contribution in [0.4, 0.5) is 5.82 Å². The Bertz CT molecular complexity index is 337. The first-order valence-electron chi connectivity index (χ1n) is 3.72. The first-order valence-corrected chi connectivity index (χ1v) is 3.72. The van der Waals surface area contributed by atoms with Crippen molar-refractivity contribution in [2.24, 2.45) is 0 Å². The third-order valence-electron chi connectivity index (χ3n) is 1.21. The summed E-state index contributed by atoms with van der Waals surface area (Å²) in [5, 5.41) is 0. The van der Waals surface area contributed by atoms with Gasteiger partial charge < -0.3 is 0 Å². The van der Waals surface area contributed by atoms with Gasteiger partial charge >= 0.3 is 5.91 Å². The first-order chi connectivity index (χ1) is 6.33. The number of hydrazine groups is 1. The standard InChI is InChI=1S/C9H9N3O/c1-2-5-9(13)12-11-8-6-3-4-7-10-8/h3-4,6-7H,1H3,(H,10,11)(H,12,13). The van der Waals surface area contributed by atoms with Gasteiger partial charge in [-0.2, -0.15) is 0 Å². The van der Waals surface area contributed by atoms with E-state index in [4.69, 9.17) is 0 Å². The lowest BCUT2D eigenvalue weighted by atomic mass is 10.5. The second-order valence-electron chi connectivity index (χ2n) is 2.17. The minimum Gasteiger partial charge on any atom is -0.281 e. The number of pyridine rings is 1. The molecule has 0 saturated carbocycles. The van der Waals surface area contributed by atoms with Gasteiger partial charge in [-0.05, 0) is 25.0 Å². The number of carbonyl (C=O) groups is 1. The predicted molar refractivity (Wildman–Crippen MR) is 49.5 cm³/mol. The highest BCUT2D eigenvalue weighted by atomic mass is 16.2. The molecule has 1 amide bonds. The number of nitrogens with zero attached hydrogens (tertiary/aromatic N) is 1. The van der Waals surface area contributed by atoms with Gasteiger partial charge in [0.1, 0.15) is 5.82 Å². The summed E-state index contributed by atoms with van der Waals surface area (Å²) in [6.07, 6.45) is 1.62. The van der Waals surface area contributed by atoms with E-state index in [1.54, 1.807) is 25.3 Å². The van der Waals surface area contributed by atoms with Gasteiger partial charge in [-0.3, -0.25) is 15.6 Å². The number of nitrogens with one attached hydrogen (secondary N) is 2. The van der Waals surface area contributed by atoms with Crippen molar-refractivity contribution < 1.29 is 4.79 Å². The molecular weight excluding hydrogens is 166 g/mol. The van der Waals surface area contributed by atoms with Gasteiger partial charge in [0.2, 0.25) is 0 Å². The molecule has 0 spiro atoms. The summed E-state index contributed by atoms with van der Waals surface area (Å²) in [6, 6.07) is 5.34. The third-order valence-corrected chi connectivity index (χ3v) is 1.21. The van der Waals surface area contributed by atoms with Crippen LogP contribution >= 0.6 is 0 Å². The van der Waals surface area contributed by atoms with Crippen LogP contribution in [0.2, 0.25) is 0 Å². The predicted octanol–water partition coefficient (Wildman–Crippen LogP) is 0.548. The number of aromatic nitrogens is 1. The monoisotopic (exact) mass is 175 g/mol.